The van der Waals surface area contributed by atoms with Crippen LogP contribution in [0, 0.1) is 0 Å². The number of nitrogens with zero attached hydrogens (tertiary/aromatic N) is 5. The lowest BCUT2D eigenvalue weighted by Crippen LogP contribution is -2.50. The number of methoxy groups -OCH3 is 1. The highest BCUT2D eigenvalue weighted by molar-refractivity contribution is 7.17. The Hall–Kier alpha value is -3.07. The summed E-state index contributed by atoms with van der Waals surface area (Å²) in [4.78, 5) is 37.2. The zero-order valence-electron chi connectivity index (χ0n) is 18.8. The van der Waals surface area contributed by atoms with E-state index in [9.17, 15) is 9.59 Å². The van der Waals surface area contributed by atoms with Gasteiger partial charge in [-0.3, -0.25) is 14.2 Å². The van der Waals surface area contributed by atoms with E-state index >= 15 is 0 Å². The Bertz CT molecular complexity index is 1150. The number of fused-ring (bicyclic) bond motifs is 1. The second-order valence-corrected chi connectivity index (χ2v) is 8.57. The molecule has 0 saturated carbocycles. The summed E-state index contributed by atoms with van der Waals surface area (Å²) in [6.07, 6.45) is 0. The quantitative estimate of drug-likeness (QED) is 0.546. The van der Waals surface area contributed by atoms with Gasteiger partial charge in [0.05, 0.1) is 18.3 Å². The number of anilines is 2. The molecule has 0 radical (unpaired) electrons. The molecule has 170 valence electrons. The van der Waals surface area contributed by atoms with Gasteiger partial charge in [0.2, 0.25) is 11.9 Å². The number of carbonyl (C=O) groups excluding carboxylic acids is 1. The maximum Gasteiger partial charge on any atom is 0.273 e. The number of hydrogen-bond acceptors (Lipinski definition) is 7. The maximum atomic E-state index is 13.2. The fourth-order valence-corrected chi connectivity index (χ4v) is 4.92. The van der Waals surface area contributed by atoms with Crippen LogP contribution in [0.2, 0.25) is 0 Å². The van der Waals surface area contributed by atoms with Gasteiger partial charge in [0, 0.05) is 39.3 Å². The first-order valence-electron chi connectivity index (χ1n) is 11.0. The van der Waals surface area contributed by atoms with Crippen molar-refractivity contribution in [2.24, 2.45) is 0 Å². The van der Waals surface area contributed by atoms with E-state index in [0.29, 0.717) is 55.4 Å². The number of rotatable bonds is 7. The predicted octanol–water partition coefficient (Wildman–Crippen LogP) is 2.66. The lowest BCUT2D eigenvalue weighted by atomic mass is 10.2. The molecule has 1 aliphatic heterocycles. The zero-order valence-corrected chi connectivity index (χ0v) is 19.6. The van der Waals surface area contributed by atoms with Crippen LogP contribution in [-0.4, -0.2) is 66.7 Å². The zero-order chi connectivity index (χ0) is 22.7. The predicted molar refractivity (Wildman–Crippen MR) is 129 cm³/mol. The summed E-state index contributed by atoms with van der Waals surface area (Å²) in [6.45, 7) is 8.10. The van der Waals surface area contributed by atoms with Crippen molar-refractivity contribution in [2.75, 3.05) is 56.2 Å². The molecule has 0 aliphatic carbocycles. The van der Waals surface area contributed by atoms with Crippen LogP contribution in [0.15, 0.2) is 40.5 Å². The Morgan fingerprint density at radius 3 is 2.53 bits per heavy atom. The molecule has 0 atom stereocenters. The molecule has 0 N–H and O–H groups in total. The Morgan fingerprint density at radius 1 is 1.12 bits per heavy atom. The number of amides is 1. The van der Waals surface area contributed by atoms with Gasteiger partial charge in [0.1, 0.15) is 17.0 Å². The molecule has 4 rings (SSSR count). The van der Waals surface area contributed by atoms with E-state index in [1.807, 2.05) is 59.4 Å². The summed E-state index contributed by atoms with van der Waals surface area (Å²) < 4.78 is 7.61. The normalized spacial score (nSPS) is 14.1. The second kappa shape index (κ2) is 9.60. The van der Waals surface area contributed by atoms with Crippen molar-refractivity contribution in [1.29, 1.82) is 0 Å². The summed E-state index contributed by atoms with van der Waals surface area (Å²) in [6, 6.07) is 9.78. The molecule has 1 saturated heterocycles. The molecule has 1 aromatic carbocycles. The smallest absolute Gasteiger partial charge is 0.273 e. The van der Waals surface area contributed by atoms with Crippen LogP contribution in [0.1, 0.15) is 13.8 Å². The van der Waals surface area contributed by atoms with Crippen molar-refractivity contribution in [2.45, 2.75) is 20.4 Å². The number of benzene rings is 1. The van der Waals surface area contributed by atoms with Gasteiger partial charge in [-0.05, 0) is 37.4 Å². The lowest BCUT2D eigenvalue weighted by molar-refractivity contribution is -0.132. The van der Waals surface area contributed by atoms with E-state index < -0.39 is 0 Å². The summed E-state index contributed by atoms with van der Waals surface area (Å²) in [5.74, 6) is 1.34. The van der Waals surface area contributed by atoms with Gasteiger partial charge in [-0.25, -0.2) is 4.98 Å². The van der Waals surface area contributed by atoms with E-state index in [1.54, 1.807) is 11.7 Å². The number of thiophene rings is 1. The fraction of sp³-hybridized carbons (Fsp3) is 0.435. The third-order valence-corrected chi connectivity index (χ3v) is 6.84. The first-order valence-corrected chi connectivity index (χ1v) is 11.8. The number of hydrogen-bond donors (Lipinski definition) is 0. The maximum absolute atomic E-state index is 13.2. The highest BCUT2D eigenvalue weighted by atomic mass is 32.1. The van der Waals surface area contributed by atoms with Crippen molar-refractivity contribution < 1.29 is 9.53 Å². The monoisotopic (exact) mass is 455 g/mol. The number of aromatic nitrogens is 2. The van der Waals surface area contributed by atoms with Gasteiger partial charge in [-0.2, -0.15) is 0 Å². The van der Waals surface area contributed by atoms with Crippen LogP contribution in [0.5, 0.6) is 5.75 Å². The molecule has 0 unspecified atom stereocenters. The van der Waals surface area contributed by atoms with Crippen LogP contribution in [-0.2, 0) is 11.3 Å². The number of para-hydroxylation sites is 2. The van der Waals surface area contributed by atoms with Gasteiger partial charge < -0.3 is 19.4 Å². The van der Waals surface area contributed by atoms with E-state index in [2.05, 4.69) is 4.90 Å². The van der Waals surface area contributed by atoms with Gasteiger partial charge in [0.15, 0.2) is 0 Å². The molecule has 0 spiro atoms. The summed E-state index contributed by atoms with van der Waals surface area (Å²) in [7, 11) is 1.67. The largest absolute Gasteiger partial charge is 0.495 e. The van der Waals surface area contributed by atoms with Crippen molar-refractivity contribution in [3.63, 3.8) is 0 Å². The molecule has 9 heteroatoms. The Balaban J connectivity index is 1.53. The minimum Gasteiger partial charge on any atom is -0.495 e. The summed E-state index contributed by atoms with van der Waals surface area (Å²) >= 11 is 1.37. The number of ether oxygens (including phenoxy) is 1. The van der Waals surface area contributed by atoms with Crippen molar-refractivity contribution in [3.8, 4) is 5.75 Å². The lowest BCUT2D eigenvalue weighted by Gasteiger charge is -2.37. The first kappa shape index (κ1) is 22.1. The SMILES string of the molecule is CCN(CC)c1nc2ccsc2c(=O)n1CC(=O)N1CCN(c2ccccc2OC)CC1. The number of piperazine rings is 1. The molecule has 1 amide bonds. The second-order valence-electron chi connectivity index (χ2n) is 7.65. The molecule has 32 heavy (non-hydrogen) atoms. The molecule has 2 aromatic heterocycles. The van der Waals surface area contributed by atoms with Gasteiger partial charge in [-0.15, -0.1) is 11.3 Å². The first-order chi connectivity index (χ1) is 15.6. The molecule has 0 bridgehead atoms. The minimum absolute atomic E-state index is 0.000163. The fourth-order valence-electron chi connectivity index (χ4n) is 4.15. The van der Waals surface area contributed by atoms with Gasteiger partial charge in [-0.1, -0.05) is 12.1 Å². The van der Waals surface area contributed by atoms with Crippen molar-refractivity contribution >= 4 is 39.1 Å². The molecule has 3 heterocycles. The Labute approximate surface area is 191 Å². The molecule has 8 nitrogen and oxygen atoms in total. The Morgan fingerprint density at radius 2 is 1.84 bits per heavy atom. The van der Waals surface area contributed by atoms with E-state index in [-0.39, 0.29) is 18.0 Å². The average molecular weight is 456 g/mol. The van der Waals surface area contributed by atoms with Crippen LogP contribution in [0.4, 0.5) is 11.6 Å². The molecular weight excluding hydrogens is 426 g/mol. The molecule has 3 aromatic rings. The van der Waals surface area contributed by atoms with E-state index in [1.165, 1.54) is 11.3 Å². The molecule has 1 aliphatic rings. The van der Waals surface area contributed by atoms with E-state index in [0.717, 1.165) is 11.4 Å². The van der Waals surface area contributed by atoms with Crippen LogP contribution >= 0.6 is 11.3 Å². The molecular formula is C23H29N5O3S. The van der Waals surface area contributed by atoms with Crippen molar-refractivity contribution in [3.05, 3.63) is 46.1 Å². The topological polar surface area (TPSA) is 70.9 Å². The summed E-state index contributed by atoms with van der Waals surface area (Å²) in [5.41, 5.74) is 1.58. The standard InChI is InChI=1S/C23H29N5O3S/c1-4-25(5-2)23-24-17-10-15-32-21(17)22(30)28(23)16-20(29)27-13-11-26(12-14-27)18-8-6-7-9-19(18)31-3/h6-10,15H,4-5,11-14,16H2,1-3H3. The van der Waals surface area contributed by atoms with Crippen LogP contribution in [0.25, 0.3) is 10.2 Å². The highest BCUT2D eigenvalue weighted by Crippen LogP contribution is 2.28. The van der Waals surface area contributed by atoms with Crippen molar-refractivity contribution in [1.82, 2.24) is 14.5 Å². The average Bonchev–Trinajstić information content (AvgIpc) is 3.31. The Kier molecular flexibility index (Phi) is 6.64. The van der Waals surface area contributed by atoms with Gasteiger partial charge >= 0.3 is 0 Å². The third-order valence-electron chi connectivity index (χ3n) is 5.94. The van der Waals surface area contributed by atoms with E-state index in [4.69, 9.17) is 9.72 Å². The molecule has 1 fully saturated rings. The number of carbonyl (C=O) groups is 1. The van der Waals surface area contributed by atoms with Crippen LogP contribution in [0.3, 0.4) is 0 Å². The third kappa shape index (κ3) is 4.17. The van der Waals surface area contributed by atoms with Crippen LogP contribution < -0.4 is 20.1 Å². The summed E-state index contributed by atoms with van der Waals surface area (Å²) in [5, 5.41) is 1.87. The highest BCUT2D eigenvalue weighted by Gasteiger charge is 2.25. The minimum atomic E-state index is -0.145. The van der Waals surface area contributed by atoms with Gasteiger partial charge in [0.25, 0.3) is 5.56 Å².